The second-order valence-electron chi connectivity index (χ2n) is 7.21. The summed E-state index contributed by atoms with van der Waals surface area (Å²) in [6.45, 7) is 6.37. The van der Waals surface area contributed by atoms with E-state index in [1.54, 1.807) is 11.5 Å². The lowest BCUT2D eigenvalue weighted by Gasteiger charge is -2.16. The molecule has 4 rings (SSSR count). The lowest BCUT2D eigenvalue weighted by molar-refractivity contribution is -0.142. The van der Waals surface area contributed by atoms with Crippen LogP contribution in [0.25, 0.3) is 15.9 Å². The Bertz CT molecular complexity index is 1310. The van der Waals surface area contributed by atoms with Crippen molar-refractivity contribution in [1.29, 1.82) is 0 Å². The van der Waals surface area contributed by atoms with Crippen LogP contribution in [0.5, 0.6) is 0 Å². The monoisotopic (exact) mass is 468 g/mol. The zero-order valence-corrected chi connectivity index (χ0v) is 19.8. The number of ether oxygens (including phenoxy) is 1. The standard InChI is InChI=1S/C23H24N4O3S2/c1-4-18(21(28)30-5-2)31-22-25-24-20(27(22)16-11-7-6-10-15(16)3)14-26-17-12-8-9-13-19(17)32-23(26)29/h6-13,18H,4-5,14H2,1-3H3/t18-/m1/s1. The second kappa shape index (κ2) is 9.70. The van der Waals surface area contributed by atoms with Gasteiger partial charge in [-0.25, -0.2) is 0 Å². The van der Waals surface area contributed by atoms with Gasteiger partial charge in [0, 0.05) is 0 Å². The molecule has 0 bridgehead atoms. The number of aromatic nitrogens is 4. The van der Waals surface area contributed by atoms with Crippen LogP contribution in [0.4, 0.5) is 0 Å². The zero-order chi connectivity index (χ0) is 22.7. The van der Waals surface area contributed by atoms with Crippen molar-refractivity contribution < 1.29 is 9.53 Å². The van der Waals surface area contributed by atoms with Crippen molar-refractivity contribution in [2.45, 2.75) is 44.1 Å². The lowest BCUT2D eigenvalue weighted by Crippen LogP contribution is -2.20. The molecule has 0 radical (unpaired) electrons. The summed E-state index contributed by atoms with van der Waals surface area (Å²) in [6, 6.07) is 15.7. The number of para-hydroxylation sites is 2. The van der Waals surface area contributed by atoms with Gasteiger partial charge in [-0.2, -0.15) is 0 Å². The molecule has 0 amide bonds. The highest BCUT2D eigenvalue weighted by atomic mass is 32.2. The fourth-order valence-electron chi connectivity index (χ4n) is 3.50. The van der Waals surface area contributed by atoms with Gasteiger partial charge in [0.05, 0.1) is 29.1 Å². The van der Waals surface area contributed by atoms with Crippen molar-refractivity contribution in [3.05, 3.63) is 69.6 Å². The largest absolute Gasteiger partial charge is 0.465 e. The van der Waals surface area contributed by atoms with Crippen LogP contribution in [-0.4, -0.2) is 37.2 Å². The van der Waals surface area contributed by atoms with E-state index < -0.39 is 0 Å². The smallest absolute Gasteiger partial charge is 0.319 e. The van der Waals surface area contributed by atoms with E-state index in [-0.39, 0.29) is 22.6 Å². The molecule has 166 valence electrons. The first kappa shape index (κ1) is 22.3. The van der Waals surface area contributed by atoms with Crippen LogP contribution in [0.1, 0.15) is 31.7 Å². The molecule has 2 aromatic carbocycles. The predicted molar refractivity (Wildman–Crippen MR) is 128 cm³/mol. The van der Waals surface area contributed by atoms with Gasteiger partial charge in [-0.1, -0.05) is 60.4 Å². The molecule has 2 heterocycles. The van der Waals surface area contributed by atoms with E-state index in [9.17, 15) is 9.59 Å². The van der Waals surface area contributed by atoms with Crippen molar-refractivity contribution in [3.63, 3.8) is 0 Å². The maximum absolute atomic E-state index is 12.7. The highest BCUT2D eigenvalue weighted by Gasteiger charge is 2.25. The van der Waals surface area contributed by atoms with Gasteiger partial charge in [0.15, 0.2) is 11.0 Å². The molecule has 0 saturated carbocycles. The second-order valence-corrected chi connectivity index (χ2v) is 9.37. The van der Waals surface area contributed by atoms with Gasteiger partial charge in [-0.15, -0.1) is 10.2 Å². The van der Waals surface area contributed by atoms with Gasteiger partial charge in [-0.05, 0) is 44.0 Å². The molecular formula is C23H24N4O3S2. The molecule has 0 aliphatic carbocycles. The first-order valence-corrected chi connectivity index (χ1v) is 12.1. The van der Waals surface area contributed by atoms with E-state index in [2.05, 4.69) is 10.2 Å². The summed E-state index contributed by atoms with van der Waals surface area (Å²) in [6.07, 6.45) is 0.605. The maximum atomic E-state index is 12.7. The van der Waals surface area contributed by atoms with Crippen LogP contribution < -0.4 is 4.87 Å². The summed E-state index contributed by atoms with van der Waals surface area (Å²) in [7, 11) is 0. The highest BCUT2D eigenvalue weighted by molar-refractivity contribution is 8.00. The number of aryl methyl sites for hydroxylation is 1. The van der Waals surface area contributed by atoms with Crippen molar-refractivity contribution in [3.8, 4) is 5.69 Å². The van der Waals surface area contributed by atoms with Crippen LogP contribution >= 0.6 is 23.1 Å². The Hall–Kier alpha value is -2.91. The predicted octanol–water partition coefficient (Wildman–Crippen LogP) is 4.43. The molecule has 0 N–H and O–H groups in total. The average molecular weight is 469 g/mol. The van der Waals surface area contributed by atoms with Crippen LogP contribution in [-0.2, 0) is 16.1 Å². The van der Waals surface area contributed by atoms with Crippen LogP contribution in [0.15, 0.2) is 58.5 Å². The normalized spacial score (nSPS) is 12.2. The third-order valence-corrected chi connectivity index (χ3v) is 7.34. The fraction of sp³-hybridized carbons (Fsp3) is 0.304. The molecular weight excluding hydrogens is 444 g/mol. The number of benzene rings is 2. The Balaban J connectivity index is 1.79. The number of thiazole rings is 1. The molecule has 9 heteroatoms. The average Bonchev–Trinajstić information content (AvgIpc) is 3.33. The van der Waals surface area contributed by atoms with Gasteiger partial charge >= 0.3 is 10.8 Å². The summed E-state index contributed by atoms with van der Waals surface area (Å²) in [5.74, 6) is 0.368. The molecule has 0 spiro atoms. The third kappa shape index (κ3) is 4.35. The number of fused-ring (bicyclic) bond motifs is 1. The number of nitrogens with zero attached hydrogens (tertiary/aromatic N) is 4. The molecule has 0 aliphatic heterocycles. The summed E-state index contributed by atoms with van der Waals surface area (Å²) in [4.78, 5) is 25.1. The fourth-order valence-corrected chi connectivity index (χ4v) is 5.37. The van der Waals surface area contributed by atoms with E-state index in [0.717, 1.165) is 21.5 Å². The van der Waals surface area contributed by atoms with Crippen LogP contribution in [0, 0.1) is 6.92 Å². The number of hydrogen-bond donors (Lipinski definition) is 0. The number of rotatable bonds is 8. The van der Waals surface area contributed by atoms with Crippen molar-refractivity contribution in [2.24, 2.45) is 0 Å². The van der Waals surface area contributed by atoms with Gasteiger partial charge < -0.3 is 4.74 Å². The molecule has 0 saturated heterocycles. The number of hydrogen-bond acceptors (Lipinski definition) is 7. The molecule has 0 aliphatic rings. The summed E-state index contributed by atoms with van der Waals surface area (Å²) in [5.41, 5.74) is 2.83. The molecule has 0 unspecified atom stereocenters. The first-order valence-electron chi connectivity index (χ1n) is 10.4. The maximum Gasteiger partial charge on any atom is 0.319 e. The summed E-state index contributed by atoms with van der Waals surface area (Å²) < 4.78 is 9.83. The molecule has 2 aromatic heterocycles. The number of esters is 1. The van der Waals surface area contributed by atoms with Crippen molar-refractivity contribution in [1.82, 2.24) is 19.3 Å². The SMILES string of the molecule is CCOC(=O)[C@@H](CC)Sc1nnc(Cn2c(=O)sc3ccccc32)n1-c1ccccc1C. The Morgan fingerprint density at radius 1 is 1.12 bits per heavy atom. The first-order chi connectivity index (χ1) is 15.5. The number of carbonyl (C=O) groups is 1. The number of carbonyl (C=O) groups excluding carboxylic acids is 1. The minimum absolute atomic E-state index is 0.0438. The van der Waals surface area contributed by atoms with E-state index in [1.807, 2.05) is 66.9 Å². The van der Waals surface area contributed by atoms with Crippen LogP contribution in [0.2, 0.25) is 0 Å². The molecule has 0 fully saturated rings. The Kier molecular flexibility index (Phi) is 6.76. The molecule has 7 nitrogen and oxygen atoms in total. The summed E-state index contributed by atoms with van der Waals surface area (Å²) in [5, 5.41) is 9.05. The summed E-state index contributed by atoms with van der Waals surface area (Å²) >= 11 is 2.56. The van der Waals surface area contributed by atoms with Gasteiger partial charge in [-0.3, -0.25) is 18.7 Å². The zero-order valence-electron chi connectivity index (χ0n) is 18.1. The topological polar surface area (TPSA) is 79.0 Å². The number of thioether (sulfide) groups is 1. The van der Waals surface area contributed by atoms with Gasteiger partial charge in [0.2, 0.25) is 0 Å². The Morgan fingerprint density at radius 2 is 1.88 bits per heavy atom. The van der Waals surface area contributed by atoms with Crippen LogP contribution in [0.3, 0.4) is 0 Å². The minimum atomic E-state index is -0.389. The Morgan fingerprint density at radius 3 is 2.62 bits per heavy atom. The van der Waals surface area contributed by atoms with E-state index in [4.69, 9.17) is 4.74 Å². The lowest BCUT2D eigenvalue weighted by atomic mass is 10.2. The van der Waals surface area contributed by atoms with Gasteiger partial charge in [0.1, 0.15) is 5.25 Å². The van der Waals surface area contributed by atoms with E-state index >= 15 is 0 Å². The van der Waals surface area contributed by atoms with Crippen molar-refractivity contribution in [2.75, 3.05) is 6.61 Å². The molecule has 1 atom stereocenters. The van der Waals surface area contributed by atoms with Crippen molar-refractivity contribution >= 4 is 39.3 Å². The minimum Gasteiger partial charge on any atom is -0.465 e. The highest BCUT2D eigenvalue weighted by Crippen LogP contribution is 2.30. The quantitative estimate of drug-likeness (QED) is 0.281. The third-order valence-electron chi connectivity index (χ3n) is 5.10. The molecule has 32 heavy (non-hydrogen) atoms. The van der Waals surface area contributed by atoms with E-state index in [0.29, 0.717) is 24.0 Å². The molecule has 4 aromatic rings. The van der Waals surface area contributed by atoms with E-state index in [1.165, 1.54) is 23.1 Å². The van der Waals surface area contributed by atoms with Gasteiger partial charge in [0.25, 0.3) is 0 Å². The Labute approximate surface area is 194 Å².